The number of rotatable bonds is 6. The van der Waals surface area contributed by atoms with E-state index >= 15 is 0 Å². The van der Waals surface area contributed by atoms with Crippen LogP contribution in [0.2, 0.25) is 0 Å². The molecule has 3 heteroatoms. The van der Waals surface area contributed by atoms with Gasteiger partial charge in [-0.3, -0.25) is 0 Å². The first-order valence-electron chi connectivity index (χ1n) is 5.23. The lowest BCUT2D eigenvalue weighted by Gasteiger charge is -2.08. The van der Waals surface area contributed by atoms with E-state index in [-0.39, 0.29) is 5.56 Å². The SMILES string of the molecule is C=CCCCOc1ccc(C(=O)O)cc1C. The summed E-state index contributed by atoms with van der Waals surface area (Å²) in [5.74, 6) is -0.171. The zero-order valence-corrected chi connectivity index (χ0v) is 9.40. The maximum Gasteiger partial charge on any atom is 0.335 e. The Bertz CT molecular complexity index is 383. The van der Waals surface area contributed by atoms with Crippen LogP contribution in [0.1, 0.15) is 28.8 Å². The highest BCUT2D eigenvalue weighted by molar-refractivity contribution is 5.88. The largest absolute Gasteiger partial charge is 0.493 e. The second-order valence-corrected chi connectivity index (χ2v) is 3.56. The summed E-state index contributed by atoms with van der Waals surface area (Å²) in [6.07, 6.45) is 3.69. The standard InChI is InChI=1S/C13H16O3/c1-3-4-5-8-16-12-7-6-11(13(14)15)9-10(12)2/h3,6-7,9H,1,4-5,8H2,2H3,(H,14,15). The Morgan fingerprint density at radius 1 is 1.56 bits per heavy atom. The van der Waals surface area contributed by atoms with E-state index < -0.39 is 5.97 Å². The number of benzene rings is 1. The lowest BCUT2D eigenvalue weighted by atomic mass is 10.1. The van der Waals surface area contributed by atoms with E-state index in [1.165, 1.54) is 0 Å². The number of ether oxygens (including phenoxy) is 1. The fraction of sp³-hybridized carbons (Fsp3) is 0.308. The molecule has 0 unspecified atom stereocenters. The molecule has 16 heavy (non-hydrogen) atoms. The highest BCUT2D eigenvalue weighted by Crippen LogP contribution is 2.19. The third kappa shape index (κ3) is 3.42. The number of carbonyl (C=O) groups is 1. The molecular formula is C13H16O3. The number of unbranched alkanes of at least 4 members (excludes halogenated alkanes) is 1. The van der Waals surface area contributed by atoms with Crippen molar-refractivity contribution in [3.8, 4) is 5.75 Å². The number of aryl methyl sites for hydroxylation is 1. The first kappa shape index (κ1) is 12.3. The molecule has 0 saturated heterocycles. The normalized spacial score (nSPS) is 9.81. The Morgan fingerprint density at radius 2 is 2.31 bits per heavy atom. The molecule has 0 saturated carbocycles. The number of aromatic carboxylic acids is 1. The summed E-state index contributed by atoms with van der Waals surface area (Å²) in [5, 5.41) is 8.79. The molecular weight excluding hydrogens is 204 g/mol. The Labute approximate surface area is 95.4 Å². The van der Waals surface area contributed by atoms with Gasteiger partial charge in [0.25, 0.3) is 0 Å². The quantitative estimate of drug-likeness (QED) is 0.592. The fourth-order valence-electron chi connectivity index (χ4n) is 1.35. The molecule has 1 N–H and O–H groups in total. The van der Waals surface area contributed by atoms with Crippen molar-refractivity contribution in [2.24, 2.45) is 0 Å². The first-order chi connectivity index (χ1) is 7.65. The average molecular weight is 220 g/mol. The number of carboxylic acids is 1. The van der Waals surface area contributed by atoms with E-state index in [0.29, 0.717) is 6.61 Å². The smallest absolute Gasteiger partial charge is 0.335 e. The number of hydrogen-bond donors (Lipinski definition) is 1. The van der Waals surface area contributed by atoms with Crippen molar-refractivity contribution < 1.29 is 14.6 Å². The fourth-order valence-corrected chi connectivity index (χ4v) is 1.35. The van der Waals surface area contributed by atoms with Crippen molar-refractivity contribution in [2.45, 2.75) is 19.8 Å². The monoisotopic (exact) mass is 220 g/mol. The zero-order chi connectivity index (χ0) is 12.0. The van der Waals surface area contributed by atoms with E-state index in [2.05, 4.69) is 6.58 Å². The Morgan fingerprint density at radius 3 is 2.88 bits per heavy atom. The van der Waals surface area contributed by atoms with E-state index in [0.717, 1.165) is 24.2 Å². The van der Waals surface area contributed by atoms with Crippen LogP contribution in [0.15, 0.2) is 30.9 Å². The molecule has 1 rings (SSSR count). The van der Waals surface area contributed by atoms with Crippen LogP contribution in [0.3, 0.4) is 0 Å². The van der Waals surface area contributed by atoms with Gasteiger partial charge < -0.3 is 9.84 Å². The van der Waals surface area contributed by atoms with E-state index in [9.17, 15) is 4.79 Å². The highest BCUT2D eigenvalue weighted by atomic mass is 16.5. The summed E-state index contributed by atoms with van der Waals surface area (Å²) in [6, 6.07) is 4.87. The van der Waals surface area contributed by atoms with E-state index in [4.69, 9.17) is 9.84 Å². The molecule has 0 radical (unpaired) electrons. The van der Waals surface area contributed by atoms with Gasteiger partial charge in [-0.05, 0) is 43.5 Å². The lowest BCUT2D eigenvalue weighted by molar-refractivity contribution is 0.0696. The molecule has 0 fully saturated rings. The van der Waals surface area contributed by atoms with Gasteiger partial charge in [0.15, 0.2) is 0 Å². The van der Waals surface area contributed by atoms with Crippen LogP contribution in [0, 0.1) is 6.92 Å². The predicted octanol–water partition coefficient (Wildman–Crippen LogP) is 3.04. The van der Waals surface area contributed by atoms with E-state index in [1.54, 1.807) is 18.2 Å². The maximum absolute atomic E-state index is 10.7. The van der Waals surface area contributed by atoms with Crippen LogP contribution in [0.25, 0.3) is 0 Å². The molecule has 0 aliphatic heterocycles. The van der Waals surface area contributed by atoms with Crippen LogP contribution >= 0.6 is 0 Å². The molecule has 0 amide bonds. The highest BCUT2D eigenvalue weighted by Gasteiger charge is 2.05. The Balaban J connectivity index is 2.61. The number of allylic oxidation sites excluding steroid dienone is 1. The summed E-state index contributed by atoms with van der Waals surface area (Å²) in [5.41, 5.74) is 1.13. The van der Waals surface area contributed by atoms with Crippen molar-refractivity contribution in [1.82, 2.24) is 0 Å². The first-order valence-corrected chi connectivity index (χ1v) is 5.23. The molecule has 3 nitrogen and oxygen atoms in total. The van der Waals surface area contributed by atoms with Crippen molar-refractivity contribution in [3.63, 3.8) is 0 Å². The van der Waals surface area contributed by atoms with Crippen molar-refractivity contribution in [2.75, 3.05) is 6.61 Å². The molecule has 0 bridgehead atoms. The minimum absolute atomic E-state index is 0.288. The van der Waals surface area contributed by atoms with Crippen LogP contribution in [0.4, 0.5) is 0 Å². The van der Waals surface area contributed by atoms with Crippen LogP contribution in [0.5, 0.6) is 5.75 Å². The van der Waals surface area contributed by atoms with Gasteiger partial charge in [0.2, 0.25) is 0 Å². The molecule has 1 aromatic carbocycles. The summed E-state index contributed by atoms with van der Waals surface area (Å²) in [6.45, 7) is 6.10. The van der Waals surface area contributed by atoms with Crippen LogP contribution in [-0.2, 0) is 0 Å². The molecule has 1 aromatic rings. The third-order valence-electron chi connectivity index (χ3n) is 2.23. The van der Waals surface area contributed by atoms with Gasteiger partial charge in [0.05, 0.1) is 12.2 Å². The van der Waals surface area contributed by atoms with Gasteiger partial charge in [-0.15, -0.1) is 6.58 Å². The minimum Gasteiger partial charge on any atom is -0.493 e. The molecule has 0 atom stereocenters. The topological polar surface area (TPSA) is 46.5 Å². The molecule has 86 valence electrons. The van der Waals surface area contributed by atoms with E-state index in [1.807, 2.05) is 13.0 Å². The van der Waals surface area contributed by atoms with Gasteiger partial charge in [-0.1, -0.05) is 6.08 Å². The molecule has 0 aliphatic rings. The zero-order valence-electron chi connectivity index (χ0n) is 9.40. The molecule has 0 heterocycles. The average Bonchev–Trinajstić information content (AvgIpc) is 2.26. The van der Waals surface area contributed by atoms with Gasteiger partial charge in [-0.25, -0.2) is 4.79 Å². The second kappa shape index (κ2) is 5.95. The molecule has 0 aliphatic carbocycles. The Hall–Kier alpha value is -1.77. The second-order valence-electron chi connectivity index (χ2n) is 3.56. The summed E-state index contributed by atoms with van der Waals surface area (Å²) in [4.78, 5) is 10.7. The van der Waals surface area contributed by atoms with Crippen LogP contribution < -0.4 is 4.74 Å². The van der Waals surface area contributed by atoms with Crippen molar-refractivity contribution >= 4 is 5.97 Å². The summed E-state index contributed by atoms with van der Waals surface area (Å²) in [7, 11) is 0. The number of hydrogen-bond acceptors (Lipinski definition) is 2. The molecule has 0 aromatic heterocycles. The minimum atomic E-state index is -0.915. The van der Waals surface area contributed by atoms with Crippen LogP contribution in [-0.4, -0.2) is 17.7 Å². The maximum atomic E-state index is 10.7. The summed E-state index contributed by atoms with van der Waals surface area (Å²) >= 11 is 0. The Kier molecular flexibility index (Phi) is 4.58. The van der Waals surface area contributed by atoms with Crippen molar-refractivity contribution in [1.29, 1.82) is 0 Å². The van der Waals surface area contributed by atoms with Crippen molar-refractivity contribution in [3.05, 3.63) is 42.0 Å². The lowest BCUT2D eigenvalue weighted by Crippen LogP contribution is -2.01. The van der Waals surface area contributed by atoms with Gasteiger partial charge in [0, 0.05) is 0 Å². The van der Waals surface area contributed by atoms with Gasteiger partial charge in [-0.2, -0.15) is 0 Å². The summed E-state index contributed by atoms with van der Waals surface area (Å²) < 4.78 is 5.53. The van der Waals surface area contributed by atoms with Gasteiger partial charge in [0.1, 0.15) is 5.75 Å². The van der Waals surface area contributed by atoms with Gasteiger partial charge >= 0.3 is 5.97 Å². The molecule has 0 spiro atoms. The number of carboxylic acid groups (broad SMARTS) is 1. The third-order valence-corrected chi connectivity index (χ3v) is 2.23. The predicted molar refractivity (Wildman–Crippen MR) is 63.1 cm³/mol.